The Kier molecular flexibility index (Phi) is 5.13. The molecule has 25 heavy (non-hydrogen) atoms. The van der Waals surface area contributed by atoms with Gasteiger partial charge in [0.1, 0.15) is 5.52 Å². The molecule has 0 aliphatic carbocycles. The number of para-hydroxylation sites is 1. The van der Waals surface area contributed by atoms with E-state index in [4.69, 9.17) is 0 Å². The molecule has 1 atom stereocenters. The van der Waals surface area contributed by atoms with E-state index in [1.807, 2.05) is 24.3 Å². The highest BCUT2D eigenvalue weighted by atomic mass is 32.2. The first-order valence-corrected chi connectivity index (χ1v) is 8.71. The fourth-order valence-electron chi connectivity index (χ4n) is 2.34. The van der Waals surface area contributed by atoms with Crippen molar-refractivity contribution in [3.63, 3.8) is 0 Å². The molecule has 2 N–H and O–H groups in total. The predicted molar refractivity (Wildman–Crippen MR) is 95.5 cm³/mol. The van der Waals surface area contributed by atoms with Gasteiger partial charge in [-0.3, -0.25) is 9.59 Å². The molecule has 0 saturated carbocycles. The van der Waals surface area contributed by atoms with Gasteiger partial charge in [0.25, 0.3) is 5.56 Å². The Bertz CT molecular complexity index is 951. The Hall–Kier alpha value is -2.68. The van der Waals surface area contributed by atoms with Crippen LogP contribution in [0.15, 0.2) is 40.3 Å². The van der Waals surface area contributed by atoms with Crippen LogP contribution in [0.5, 0.6) is 0 Å². The van der Waals surface area contributed by atoms with Crippen LogP contribution in [0.4, 0.5) is 0 Å². The molecular formula is C16H18N6O2S. The molecule has 130 valence electrons. The zero-order valence-corrected chi connectivity index (χ0v) is 14.7. The van der Waals surface area contributed by atoms with Crippen molar-refractivity contribution in [3.8, 4) is 0 Å². The van der Waals surface area contributed by atoms with Crippen molar-refractivity contribution in [3.05, 3.63) is 46.4 Å². The smallest absolute Gasteiger partial charge is 0.251 e. The normalized spacial score (nSPS) is 12.2. The summed E-state index contributed by atoms with van der Waals surface area (Å²) in [6.07, 6.45) is 0. The highest BCUT2D eigenvalue weighted by Gasteiger charge is 2.15. The number of aromatic amines is 1. The maximum Gasteiger partial charge on any atom is 0.251 e. The number of amides is 1. The van der Waals surface area contributed by atoms with E-state index >= 15 is 0 Å². The molecule has 3 rings (SSSR count). The number of aromatic nitrogens is 5. The number of nitrogens with zero attached hydrogens (tertiary/aromatic N) is 4. The van der Waals surface area contributed by atoms with Crippen molar-refractivity contribution in [1.82, 2.24) is 30.3 Å². The van der Waals surface area contributed by atoms with Gasteiger partial charge < -0.3 is 10.3 Å². The number of thioether (sulfide) groups is 1. The molecule has 3 aromatic rings. The van der Waals surface area contributed by atoms with Crippen LogP contribution in [0.2, 0.25) is 0 Å². The first-order valence-electron chi connectivity index (χ1n) is 7.83. The van der Waals surface area contributed by atoms with Gasteiger partial charge in [0.05, 0.1) is 17.3 Å². The van der Waals surface area contributed by atoms with Crippen molar-refractivity contribution in [2.24, 2.45) is 0 Å². The second kappa shape index (κ2) is 7.47. The van der Waals surface area contributed by atoms with Crippen LogP contribution in [0.1, 0.15) is 12.6 Å². The van der Waals surface area contributed by atoms with Gasteiger partial charge in [0, 0.05) is 18.3 Å². The first-order chi connectivity index (χ1) is 12.0. The molecule has 1 aromatic carbocycles. The summed E-state index contributed by atoms with van der Waals surface area (Å²) in [7, 11) is 0. The monoisotopic (exact) mass is 358 g/mol. The number of H-pyrrole nitrogens is 1. The lowest BCUT2D eigenvalue weighted by Crippen LogP contribution is -2.33. The van der Waals surface area contributed by atoms with Gasteiger partial charge >= 0.3 is 0 Å². The number of fused-ring (bicyclic) bond motifs is 1. The molecule has 0 fully saturated rings. The molecule has 8 nitrogen and oxygen atoms in total. The third kappa shape index (κ3) is 4.24. The number of nitrogens with one attached hydrogen (secondary N) is 2. The van der Waals surface area contributed by atoms with Gasteiger partial charge in [-0.2, -0.15) is 0 Å². The van der Waals surface area contributed by atoms with Gasteiger partial charge in [-0.1, -0.05) is 29.1 Å². The number of hydrogen-bond donors (Lipinski definition) is 2. The van der Waals surface area contributed by atoms with Gasteiger partial charge in [0.15, 0.2) is 5.16 Å². The Morgan fingerprint density at radius 1 is 1.40 bits per heavy atom. The van der Waals surface area contributed by atoms with Gasteiger partial charge in [-0.25, -0.2) is 9.67 Å². The van der Waals surface area contributed by atoms with Crippen LogP contribution in [-0.2, 0) is 11.3 Å². The van der Waals surface area contributed by atoms with Crippen molar-refractivity contribution in [2.45, 2.75) is 30.8 Å². The summed E-state index contributed by atoms with van der Waals surface area (Å²) in [4.78, 5) is 30.5. The molecule has 0 saturated heterocycles. The molecule has 0 radical (unpaired) electrons. The molecule has 0 spiro atoms. The second-order valence-corrected chi connectivity index (χ2v) is 6.87. The Morgan fingerprint density at radius 2 is 2.20 bits per heavy atom. The van der Waals surface area contributed by atoms with Crippen molar-refractivity contribution in [2.75, 3.05) is 6.54 Å². The maximum absolute atomic E-state index is 12.2. The van der Waals surface area contributed by atoms with Crippen LogP contribution >= 0.6 is 11.8 Å². The van der Waals surface area contributed by atoms with Crippen LogP contribution in [0, 0.1) is 6.92 Å². The molecule has 0 aliphatic heterocycles. The highest BCUT2D eigenvalue weighted by molar-refractivity contribution is 8.00. The summed E-state index contributed by atoms with van der Waals surface area (Å²) in [5.41, 5.74) is 2.16. The van der Waals surface area contributed by atoms with E-state index in [1.54, 1.807) is 18.5 Å². The van der Waals surface area contributed by atoms with E-state index in [-0.39, 0.29) is 16.7 Å². The summed E-state index contributed by atoms with van der Waals surface area (Å²) in [6, 6.07) is 9.08. The van der Waals surface area contributed by atoms with Gasteiger partial charge in [-0.05, 0) is 26.0 Å². The lowest BCUT2D eigenvalue weighted by atomic mass is 10.3. The maximum atomic E-state index is 12.2. The lowest BCUT2D eigenvalue weighted by Gasteiger charge is -2.11. The largest absolute Gasteiger partial charge is 0.353 e. The topological polar surface area (TPSA) is 106 Å². The molecule has 9 heteroatoms. The minimum Gasteiger partial charge on any atom is -0.353 e. The molecule has 1 unspecified atom stereocenters. The third-order valence-electron chi connectivity index (χ3n) is 3.55. The highest BCUT2D eigenvalue weighted by Crippen LogP contribution is 2.18. The Morgan fingerprint density at radius 3 is 3.00 bits per heavy atom. The van der Waals surface area contributed by atoms with E-state index < -0.39 is 0 Å². The van der Waals surface area contributed by atoms with Crippen molar-refractivity contribution < 1.29 is 4.79 Å². The minimum absolute atomic E-state index is 0.126. The Labute approximate surface area is 148 Å². The number of hydrogen-bond acceptors (Lipinski definition) is 6. The zero-order valence-electron chi connectivity index (χ0n) is 13.9. The molecule has 2 heterocycles. The SMILES string of the molecule is Cc1cc(=O)[nH]c(SC(C)C(=O)NCCn2nnc3ccccc32)n1. The standard InChI is InChI=1S/C16H18N6O2S/c1-10-9-14(23)19-16(18-10)25-11(2)15(24)17-7-8-22-13-6-4-3-5-12(13)20-21-22/h3-6,9,11H,7-8H2,1-2H3,(H,17,24)(H,18,19,23). The summed E-state index contributed by atoms with van der Waals surface area (Å²) >= 11 is 1.22. The molecule has 2 aromatic heterocycles. The average molecular weight is 358 g/mol. The fourth-order valence-corrected chi connectivity index (χ4v) is 3.22. The molecule has 0 bridgehead atoms. The quantitative estimate of drug-likeness (QED) is 0.505. The van der Waals surface area contributed by atoms with Crippen LogP contribution in [0.25, 0.3) is 11.0 Å². The van der Waals surface area contributed by atoms with E-state index in [2.05, 4.69) is 25.6 Å². The lowest BCUT2D eigenvalue weighted by molar-refractivity contribution is -0.120. The summed E-state index contributed by atoms with van der Waals surface area (Å²) in [5.74, 6) is -0.126. The number of carbonyl (C=O) groups excluding carboxylic acids is 1. The van der Waals surface area contributed by atoms with E-state index in [1.165, 1.54) is 17.8 Å². The predicted octanol–water partition coefficient (Wildman–Crippen LogP) is 1.12. The zero-order chi connectivity index (χ0) is 17.8. The van der Waals surface area contributed by atoms with Crippen LogP contribution < -0.4 is 10.9 Å². The molecule has 0 aliphatic rings. The van der Waals surface area contributed by atoms with Gasteiger partial charge in [0.2, 0.25) is 5.91 Å². The Balaban J connectivity index is 1.54. The summed E-state index contributed by atoms with van der Waals surface area (Å²) in [6.45, 7) is 4.48. The average Bonchev–Trinajstić information content (AvgIpc) is 2.97. The second-order valence-electron chi connectivity index (χ2n) is 5.54. The number of benzene rings is 1. The number of aryl methyl sites for hydroxylation is 1. The number of rotatable bonds is 6. The molecular weight excluding hydrogens is 340 g/mol. The van der Waals surface area contributed by atoms with Crippen LogP contribution in [0.3, 0.4) is 0 Å². The minimum atomic E-state index is -0.377. The molecule has 1 amide bonds. The van der Waals surface area contributed by atoms with E-state index in [9.17, 15) is 9.59 Å². The van der Waals surface area contributed by atoms with Crippen molar-refractivity contribution in [1.29, 1.82) is 0 Å². The van der Waals surface area contributed by atoms with Crippen molar-refractivity contribution >= 4 is 28.7 Å². The summed E-state index contributed by atoms with van der Waals surface area (Å²) in [5, 5.41) is 11.1. The van der Waals surface area contributed by atoms with E-state index in [0.717, 1.165) is 11.0 Å². The summed E-state index contributed by atoms with van der Waals surface area (Å²) < 4.78 is 1.76. The van der Waals surface area contributed by atoms with E-state index in [0.29, 0.717) is 23.9 Å². The first kappa shape index (κ1) is 17.2. The third-order valence-corrected chi connectivity index (χ3v) is 4.53. The number of carbonyl (C=O) groups is 1. The fraction of sp³-hybridized carbons (Fsp3) is 0.312. The van der Waals surface area contributed by atoms with Crippen LogP contribution in [-0.4, -0.2) is 42.7 Å². The van der Waals surface area contributed by atoms with Gasteiger partial charge in [-0.15, -0.1) is 5.10 Å².